The van der Waals surface area contributed by atoms with Gasteiger partial charge in [-0.25, -0.2) is 0 Å². The molecule has 0 saturated heterocycles. The highest BCUT2D eigenvalue weighted by molar-refractivity contribution is 5.96. The van der Waals surface area contributed by atoms with E-state index in [9.17, 15) is 4.79 Å². The molecule has 122 valence electrons. The van der Waals surface area contributed by atoms with Crippen molar-refractivity contribution in [2.24, 2.45) is 0 Å². The summed E-state index contributed by atoms with van der Waals surface area (Å²) in [7, 11) is 0. The maximum absolute atomic E-state index is 12.4. The van der Waals surface area contributed by atoms with E-state index in [1.807, 2.05) is 16.7 Å². The van der Waals surface area contributed by atoms with Gasteiger partial charge in [0.15, 0.2) is 0 Å². The monoisotopic (exact) mass is 318 g/mol. The van der Waals surface area contributed by atoms with Crippen molar-refractivity contribution in [3.63, 3.8) is 0 Å². The number of para-hydroxylation sites is 1. The molecule has 24 heavy (non-hydrogen) atoms. The van der Waals surface area contributed by atoms with Crippen molar-refractivity contribution >= 4 is 16.8 Å². The molecule has 4 rings (SSSR count). The summed E-state index contributed by atoms with van der Waals surface area (Å²) in [5.41, 5.74) is 4.96. The molecule has 0 saturated carbocycles. The highest BCUT2D eigenvalue weighted by atomic mass is 16.2. The van der Waals surface area contributed by atoms with Gasteiger partial charge in [-0.3, -0.25) is 9.36 Å². The summed E-state index contributed by atoms with van der Waals surface area (Å²) in [6.45, 7) is 1.80. The zero-order valence-electron chi connectivity index (χ0n) is 13.8. The number of nitrogens with zero attached hydrogens (tertiary/aromatic N) is 1. The summed E-state index contributed by atoms with van der Waals surface area (Å²) in [6, 6.07) is 18.8. The molecule has 3 heteroatoms. The van der Waals surface area contributed by atoms with Crippen molar-refractivity contribution < 1.29 is 4.79 Å². The van der Waals surface area contributed by atoms with Crippen LogP contribution in [-0.2, 0) is 19.4 Å². The highest BCUT2D eigenvalue weighted by Crippen LogP contribution is 2.30. The lowest BCUT2D eigenvalue weighted by molar-refractivity contribution is 0.0889. The third-order valence-corrected chi connectivity index (χ3v) is 4.87. The van der Waals surface area contributed by atoms with E-state index in [0.717, 1.165) is 37.9 Å². The van der Waals surface area contributed by atoms with Gasteiger partial charge in [0.25, 0.3) is 0 Å². The second kappa shape index (κ2) is 6.62. The maximum Gasteiger partial charge on any atom is 0.231 e. The number of hydrogen-bond acceptors (Lipinski definition) is 2. The van der Waals surface area contributed by atoms with Crippen LogP contribution in [0.3, 0.4) is 0 Å². The Hall–Kier alpha value is -2.39. The molecular weight excluding hydrogens is 296 g/mol. The molecule has 0 bridgehead atoms. The first-order chi connectivity index (χ1) is 11.8. The zero-order chi connectivity index (χ0) is 16.4. The molecule has 1 aromatic heterocycles. The number of carbonyl (C=O) groups excluding carboxylic acids is 1. The molecular formula is C21H22N2O. The predicted octanol–water partition coefficient (Wildman–Crippen LogP) is 3.95. The number of carbonyl (C=O) groups is 1. The molecule has 3 aromatic rings. The molecule has 1 N–H and O–H groups in total. The summed E-state index contributed by atoms with van der Waals surface area (Å²) in [6.07, 6.45) is 3.61. The Morgan fingerprint density at radius 2 is 1.75 bits per heavy atom. The van der Waals surface area contributed by atoms with E-state index in [1.54, 1.807) is 0 Å². The van der Waals surface area contributed by atoms with Crippen LogP contribution in [0.15, 0.2) is 54.6 Å². The Balaban J connectivity index is 1.55. The Labute approximate surface area is 142 Å². The SMILES string of the molecule is O=C1CCCc2c(CCNCc3ccccc3)c3ccccc3n21. The van der Waals surface area contributed by atoms with Crippen LogP contribution in [-0.4, -0.2) is 17.0 Å². The number of rotatable bonds is 5. The Morgan fingerprint density at radius 1 is 0.958 bits per heavy atom. The van der Waals surface area contributed by atoms with Crippen LogP contribution in [0.5, 0.6) is 0 Å². The van der Waals surface area contributed by atoms with E-state index < -0.39 is 0 Å². The normalized spacial score (nSPS) is 14.1. The summed E-state index contributed by atoms with van der Waals surface area (Å²) in [5, 5.41) is 4.77. The first-order valence-electron chi connectivity index (χ1n) is 8.73. The zero-order valence-corrected chi connectivity index (χ0v) is 13.8. The number of nitrogens with one attached hydrogen (secondary N) is 1. The molecule has 2 heterocycles. The molecule has 1 aliphatic heterocycles. The molecule has 3 nitrogen and oxygen atoms in total. The summed E-state index contributed by atoms with van der Waals surface area (Å²) in [4.78, 5) is 12.4. The van der Waals surface area contributed by atoms with Crippen LogP contribution in [0.25, 0.3) is 10.9 Å². The highest BCUT2D eigenvalue weighted by Gasteiger charge is 2.23. The average molecular weight is 318 g/mol. The third kappa shape index (κ3) is 2.76. The average Bonchev–Trinajstić information content (AvgIpc) is 2.95. The number of aromatic nitrogens is 1. The van der Waals surface area contributed by atoms with E-state index in [1.165, 1.54) is 22.2 Å². The second-order valence-electron chi connectivity index (χ2n) is 6.44. The van der Waals surface area contributed by atoms with Gasteiger partial charge in [-0.2, -0.15) is 0 Å². The number of fused-ring (bicyclic) bond motifs is 3. The van der Waals surface area contributed by atoms with Crippen LogP contribution in [0.4, 0.5) is 0 Å². The molecule has 0 amide bonds. The standard InChI is InChI=1S/C21H22N2O/c24-21-12-6-11-20-18(17-9-4-5-10-19(17)23(20)21)13-14-22-15-16-7-2-1-3-8-16/h1-5,7-10,22H,6,11-15H2. The van der Waals surface area contributed by atoms with Gasteiger partial charge in [0.1, 0.15) is 0 Å². The van der Waals surface area contributed by atoms with E-state index in [0.29, 0.717) is 6.42 Å². The minimum Gasteiger partial charge on any atom is -0.312 e. The predicted molar refractivity (Wildman–Crippen MR) is 97.4 cm³/mol. The Kier molecular flexibility index (Phi) is 4.18. The third-order valence-electron chi connectivity index (χ3n) is 4.87. The molecule has 0 aliphatic carbocycles. The quantitative estimate of drug-likeness (QED) is 0.723. The van der Waals surface area contributed by atoms with Crippen LogP contribution in [0, 0.1) is 0 Å². The van der Waals surface area contributed by atoms with Crippen molar-refractivity contribution in [1.82, 2.24) is 9.88 Å². The summed E-state index contributed by atoms with van der Waals surface area (Å²) in [5.74, 6) is 0.246. The van der Waals surface area contributed by atoms with Crippen LogP contribution in [0.1, 0.15) is 34.5 Å². The van der Waals surface area contributed by atoms with Crippen LogP contribution >= 0.6 is 0 Å². The smallest absolute Gasteiger partial charge is 0.231 e. The van der Waals surface area contributed by atoms with Crippen molar-refractivity contribution in [3.8, 4) is 0 Å². The Bertz CT molecular complexity index is 864. The first kappa shape index (κ1) is 15.2. The largest absolute Gasteiger partial charge is 0.312 e. The lowest BCUT2D eigenvalue weighted by atomic mass is 10.0. The fraction of sp³-hybridized carbons (Fsp3) is 0.286. The molecule has 0 spiro atoms. The van der Waals surface area contributed by atoms with Crippen LogP contribution in [0.2, 0.25) is 0 Å². The van der Waals surface area contributed by atoms with Gasteiger partial charge >= 0.3 is 0 Å². The van der Waals surface area contributed by atoms with E-state index in [-0.39, 0.29) is 5.91 Å². The fourth-order valence-corrected chi connectivity index (χ4v) is 3.75. The second-order valence-corrected chi connectivity index (χ2v) is 6.44. The number of hydrogen-bond donors (Lipinski definition) is 1. The van der Waals surface area contributed by atoms with Gasteiger partial charge in [-0.1, -0.05) is 48.5 Å². The van der Waals surface area contributed by atoms with Gasteiger partial charge in [0.2, 0.25) is 5.91 Å². The molecule has 2 aromatic carbocycles. The minimum absolute atomic E-state index is 0.246. The summed E-state index contributed by atoms with van der Waals surface area (Å²) < 4.78 is 1.96. The first-order valence-corrected chi connectivity index (χ1v) is 8.73. The number of benzene rings is 2. The Morgan fingerprint density at radius 3 is 2.62 bits per heavy atom. The van der Waals surface area contributed by atoms with Gasteiger partial charge in [0.05, 0.1) is 5.52 Å². The molecule has 0 radical (unpaired) electrons. The summed E-state index contributed by atoms with van der Waals surface area (Å²) >= 11 is 0. The van der Waals surface area contributed by atoms with Crippen molar-refractivity contribution in [1.29, 1.82) is 0 Å². The van der Waals surface area contributed by atoms with E-state index in [2.05, 4.69) is 47.8 Å². The van der Waals surface area contributed by atoms with Crippen molar-refractivity contribution in [3.05, 3.63) is 71.4 Å². The van der Waals surface area contributed by atoms with E-state index >= 15 is 0 Å². The topological polar surface area (TPSA) is 34.0 Å². The fourth-order valence-electron chi connectivity index (χ4n) is 3.75. The molecule has 0 unspecified atom stereocenters. The van der Waals surface area contributed by atoms with Gasteiger partial charge < -0.3 is 5.32 Å². The maximum atomic E-state index is 12.4. The lowest BCUT2D eigenvalue weighted by Gasteiger charge is -2.16. The van der Waals surface area contributed by atoms with Gasteiger partial charge in [-0.05, 0) is 43.0 Å². The van der Waals surface area contributed by atoms with Crippen LogP contribution < -0.4 is 5.32 Å². The van der Waals surface area contributed by atoms with Gasteiger partial charge in [-0.15, -0.1) is 0 Å². The molecule has 0 atom stereocenters. The molecule has 1 aliphatic rings. The van der Waals surface area contributed by atoms with Crippen molar-refractivity contribution in [2.45, 2.75) is 32.2 Å². The molecule has 0 fully saturated rings. The van der Waals surface area contributed by atoms with E-state index in [4.69, 9.17) is 0 Å². The lowest BCUT2D eigenvalue weighted by Crippen LogP contribution is -2.21. The van der Waals surface area contributed by atoms with Gasteiger partial charge in [0, 0.05) is 24.0 Å². The van der Waals surface area contributed by atoms with Crippen molar-refractivity contribution in [2.75, 3.05) is 6.54 Å². The minimum atomic E-state index is 0.246.